The van der Waals surface area contributed by atoms with Gasteiger partial charge in [-0.15, -0.1) is 0 Å². The molecule has 4 rings (SSSR count). The van der Waals surface area contributed by atoms with Crippen molar-refractivity contribution in [2.45, 2.75) is 12.5 Å². The van der Waals surface area contributed by atoms with Crippen LogP contribution < -0.4 is 15.0 Å². The van der Waals surface area contributed by atoms with E-state index in [1.807, 2.05) is 59.5 Å². The Morgan fingerprint density at radius 2 is 1.69 bits per heavy atom. The Bertz CT molecular complexity index is 1030. The lowest BCUT2D eigenvalue weighted by molar-refractivity contribution is -0.133. The van der Waals surface area contributed by atoms with Crippen LogP contribution in [0.25, 0.3) is 0 Å². The van der Waals surface area contributed by atoms with E-state index in [-0.39, 0.29) is 11.7 Å². The number of carbonyl (C=O) groups excluding carboxylic acids is 2. The molecular formula is C25H27N3O4. The van der Waals surface area contributed by atoms with Crippen LogP contribution in [0.5, 0.6) is 5.75 Å². The predicted octanol–water partition coefficient (Wildman–Crippen LogP) is 2.98. The Kier molecular flexibility index (Phi) is 6.75. The van der Waals surface area contributed by atoms with Crippen molar-refractivity contribution in [2.24, 2.45) is 0 Å². The number of hydrogen-bond acceptors (Lipinski definition) is 5. The van der Waals surface area contributed by atoms with Gasteiger partial charge in [-0.25, -0.2) is 0 Å². The normalized spacial score (nSPS) is 14.7. The molecular weight excluding hydrogens is 406 g/mol. The molecule has 32 heavy (non-hydrogen) atoms. The Labute approximate surface area is 187 Å². The maximum atomic E-state index is 13.4. The maximum Gasteiger partial charge on any atom is 0.287 e. The van der Waals surface area contributed by atoms with Crippen molar-refractivity contribution in [1.82, 2.24) is 10.2 Å². The highest BCUT2D eigenvalue weighted by molar-refractivity contribution is 5.95. The number of hydrogen-bond donors (Lipinski definition) is 1. The van der Waals surface area contributed by atoms with Gasteiger partial charge in [-0.2, -0.15) is 0 Å². The van der Waals surface area contributed by atoms with Crippen LogP contribution >= 0.6 is 0 Å². The van der Waals surface area contributed by atoms with Crippen LogP contribution in [0.1, 0.15) is 16.1 Å². The van der Waals surface area contributed by atoms with E-state index in [9.17, 15) is 9.59 Å². The first-order chi connectivity index (χ1) is 15.7. The summed E-state index contributed by atoms with van der Waals surface area (Å²) < 4.78 is 10.7. The fraction of sp³-hybridized carbons (Fsp3) is 0.280. The second-order valence-corrected chi connectivity index (χ2v) is 7.68. The number of nitrogens with zero attached hydrogens (tertiary/aromatic N) is 2. The summed E-state index contributed by atoms with van der Waals surface area (Å²) in [7, 11) is 1.66. The van der Waals surface area contributed by atoms with Gasteiger partial charge >= 0.3 is 0 Å². The zero-order valence-corrected chi connectivity index (χ0v) is 18.1. The van der Waals surface area contributed by atoms with E-state index < -0.39 is 11.9 Å². The molecule has 0 spiro atoms. The summed E-state index contributed by atoms with van der Waals surface area (Å²) in [5.41, 5.74) is 2.01. The highest BCUT2D eigenvalue weighted by Gasteiger charge is 2.30. The minimum atomic E-state index is -0.673. The van der Waals surface area contributed by atoms with Gasteiger partial charge in [0, 0.05) is 32.6 Å². The third kappa shape index (κ3) is 4.94. The molecule has 1 aliphatic rings. The highest BCUT2D eigenvalue weighted by atomic mass is 16.5. The monoisotopic (exact) mass is 433 g/mol. The van der Waals surface area contributed by atoms with Gasteiger partial charge in [-0.1, -0.05) is 42.5 Å². The molecule has 1 aliphatic heterocycles. The standard InChI is InChI=1S/C25H27N3O4/c1-31-22-11-6-5-10-21(22)27-13-15-28(16-14-27)25(30)20(18-19-8-3-2-4-9-19)26-24(29)23-12-7-17-32-23/h2-12,17,20H,13-16,18H2,1H3,(H,26,29). The third-order valence-electron chi connectivity index (χ3n) is 5.65. The SMILES string of the molecule is COc1ccccc1N1CCN(C(=O)C(Cc2ccccc2)NC(=O)c2ccco2)CC1. The van der Waals surface area contributed by atoms with E-state index in [1.54, 1.807) is 19.2 Å². The van der Waals surface area contributed by atoms with Crippen molar-refractivity contribution in [1.29, 1.82) is 0 Å². The first-order valence-corrected chi connectivity index (χ1v) is 10.7. The molecule has 2 amide bonds. The van der Waals surface area contributed by atoms with Gasteiger partial charge < -0.3 is 24.3 Å². The lowest BCUT2D eigenvalue weighted by atomic mass is 10.0. The van der Waals surface area contributed by atoms with E-state index in [2.05, 4.69) is 10.2 Å². The fourth-order valence-electron chi connectivity index (χ4n) is 3.97. The van der Waals surface area contributed by atoms with Crippen LogP contribution in [0, 0.1) is 0 Å². The lowest BCUT2D eigenvalue weighted by Gasteiger charge is -2.38. The molecule has 166 valence electrons. The predicted molar refractivity (Wildman–Crippen MR) is 122 cm³/mol. The zero-order valence-electron chi connectivity index (χ0n) is 18.1. The number of nitrogens with one attached hydrogen (secondary N) is 1. The summed E-state index contributed by atoms with van der Waals surface area (Å²) in [6.45, 7) is 2.52. The summed E-state index contributed by atoms with van der Waals surface area (Å²) in [4.78, 5) is 30.1. The summed E-state index contributed by atoms with van der Waals surface area (Å²) in [6, 6.07) is 20.2. The van der Waals surface area contributed by atoms with Crippen molar-refractivity contribution in [3.8, 4) is 5.75 Å². The molecule has 7 heteroatoms. The summed E-state index contributed by atoms with van der Waals surface area (Å²) >= 11 is 0. The van der Waals surface area contributed by atoms with Gasteiger partial charge in [-0.3, -0.25) is 9.59 Å². The Balaban J connectivity index is 1.45. The second kappa shape index (κ2) is 10.0. The van der Waals surface area contributed by atoms with Crippen LogP contribution in [0.3, 0.4) is 0 Å². The Hall–Kier alpha value is -3.74. The van der Waals surface area contributed by atoms with E-state index in [0.29, 0.717) is 32.6 Å². The second-order valence-electron chi connectivity index (χ2n) is 7.68. The number of ether oxygens (including phenoxy) is 1. The first kappa shape index (κ1) is 21.5. The molecule has 1 N–H and O–H groups in total. The molecule has 1 unspecified atom stereocenters. The topological polar surface area (TPSA) is 75.0 Å². The largest absolute Gasteiger partial charge is 0.495 e. The van der Waals surface area contributed by atoms with Crippen molar-refractivity contribution in [3.63, 3.8) is 0 Å². The Morgan fingerprint density at radius 3 is 2.38 bits per heavy atom. The number of anilines is 1. The number of furan rings is 1. The molecule has 0 aliphatic carbocycles. The van der Waals surface area contributed by atoms with Gasteiger partial charge in [0.05, 0.1) is 19.1 Å². The number of methoxy groups -OCH3 is 1. The molecule has 1 aromatic heterocycles. The number of benzene rings is 2. The molecule has 1 fully saturated rings. The molecule has 0 bridgehead atoms. The quantitative estimate of drug-likeness (QED) is 0.620. The minimum Gasteiger partial charge on any atom is -0.495 e. The molecule has 2 heterocycles. The zero-order chi connectivity index (χ0) is 22.3. The fourth-order valence-corrected chi connectivity index (χ4v) is 3.97. The summed E-state index contributed by atoms with van der Waals surface area (Å²) in [5.74, 6) is 0.530. The minimum absolute atomic E-state index is 0.0894. The molecule has 7 nitrogen and oxygen atoms in total. The molecule has 2 aromatic carbocycles. The van der Waals surface area contributed by atoms with Gasteiger partial charge in [0.2, 0.25) is 5.91 Å². The molecule has 3 aromatic rings. The molecule has 1 saturated heterocycles. The van der Waals surface area contributed by atoms with Gasteiger partial charge in [0.25, 0.3) is 5.91 Å². The van der Waals surface area contributed by atoms with Crippen molar-refractivity contribution in [3.05, 3.63) is 84.3 Å². The van der Waals surface area contributed by atoms with Gasteiger partial charge in [0.1, 0.15) is 11.8 Å². The number of amides is 2. The van der Waals surface area contributed by atoms with Gasteiger partial charge in [0.15, 0.2) is 5.76 Å². The number of rotatable bonds is 7. The molecule has 0 saturated carbocycles. The van der Waals surface area contributed by atoms with Crippen molar-refractivity contribution in [2.75, 3.05) is 38.2 Å². The summed E-state index contributed by atoms with van der Waals surface area (Å²) in [5, 5.41) is 2.87. The third-order valence-corrected chi connectivity index (χ3v) is 5.65. The average Bonchev–Trinajstić information content (AvgIpc) is 3.39. The maximum absolute atomic E-state index is 13.4. The van der Waals surface area contributed by atoms with E-state index >= 15 is 0 Å². The van der Waals surface area contributed by atoms with Crippen LogP contribution in [-0.4, -0.2) is 56.0 Å². The molecule has 0 radical (unpaired) electrons. The van der Waals surface area contributed by atoms with Crippen molar-refractivity contribution < 1.29 is 18.7 Å². The van der Waals surface area contributed by atoms with Crippen LogP contribution in [0.2, 0.25) is 0 Å². The number of carbonyl (C=O) groups is 2. The van der Waals surface area contributed by atoms with E-state index in [4.69, 9.17) is 9.15 Å². The average molecular weight is 434 g/mol. The van der Waals surface area contributed by atoms with Crippen molar-refractivity contribution >= 4 is 17.5 Å². The van der Waals surface area contributed by atoms with E-state index in [1.165, 1.54) is 6.26 Å². The van der Waals surface area contributed by atoms with Crippen LogP contribution in [0.15, 0.2) is 77.4 Å². The van der Waals surface area contributed by atoms with Gasteiger partial charge in [-0.05, 0) is 29.8 Å². The summed E-state index contributed by atoms with van der Waals surface area (Å²) in [6.07, 6.45) is 1.86. The Morgan fingerprint density at radius 1 is 0.969 bits per heavy atom. The highest BCUT2D eigenvalue weighted by Crippen LogP contribution is 2.28. The smallest absolute Gasteiger partial charge is 0.287 e. The van der Waals surface area contributed by atoms with Crippen LogP contribution in [0.4, 0.5) is 5.69 Å². The first-order valence-electron chi connectivity index (χ1n) is 10.7. The number of para-hydroxylation sites is 2. The van der Waals surface area contributed by atoms with Crippen LogP contribution in [-0.2, 0) is 11.2 Å². The van der Waals surface area contributed by atoms with E-state index in [0.717, 1.165) is 17.0 Å². The molecule has 1 atom stereocenters. The lowest BCUT2D eigenvalue weighted by Crippen LogP contribution is -2.55. The number of piperazine rings is 1.